The van der Waals surface area contributed by atoms with Crippen molar-refractivity contribution >= 4 is 21.7 Å². The molecule has 0 saturated carbocycles. The van der Waals surface area contributed by atoms with Gasteiger partial charge < -0.3 is 9.80 Å². The second kappa shape index (κ2) is 9.26. The van der Waals surface area contributed by atoms with Crippen LogP contribution in [0.5, 0.6) is 0 Å². The Hall–Kier alpha value is -1.93. The Balaban J connectivity index is 1.57. The normalized spacial score (nSPS) is 23.0. The maximum Gasteiger partial charge on any atom is 0.253 e. The van der Waals surface area contributed by atoms with Crippen LogP contribution in [-0.4, -0.2) is 91.2 Å². The molecule has 1 aromatic carbocycles. The van der Waals surface area contributed by atoms with Crippen LogP contribution in [0.15, 0.2) is 30.3 Å². The van der Waals surface area contributed by atoms with Gasteiger partial charge in [0.2, 0.25) is 5.91 Å². The van der Waals surface area contributed by atoms with Gasteiger partial charge in [-0.3, -0.25) is 14.5 Å². The van der Waals surface area contributed by atoms with Crippen LogP contribution in [-0.2, 0) is 14.6 Å². The van der Waals surface area contributed by atoms with E-state index in [0.29, 0.717) is 38.2 Å². The first-order chi connectivity index (χ1) is 13.8. The maximum atomic E-state index is 13.1. The topological polar surface area (TPSA) is 78.0 Å². The number of carbonyl (C=O) groups is 2. The zero-order valence-electron chi connectivity index (χ0n) is 17.3. The molecule has 2 fully saturated rings. The molecule has 0 unspecified atom stereocenters. The zero-order chi connectivity index (χ0) is 21.0. The number of benzene rings is 1. The van der Waals surface area contributed by atoms with Gasteiger partial charge in [0.15, 0.2) is 9.84 Å². The Morgan fingerprint density at radius 2 is 1.79 bits per heavy atom. The SMILES string of the molecule is CC[C@H](C)N(C(=O)CN1CCN(C(=O)c2ccccc2)CC1)[C@@H]1CCS(=O)(=O)C1. The van der Waals surface area contributed by atoms with E-state index in [1.165, 1.54) is 0 Å². The van der Waals surface area contributed by atoms with Gasteiger partial charge in [0.05, 0.1) is 18.1 Å². The van der Waals surface area contributed by atoms with Crippen molar-refractivity contribution in [2.24, 2.45) is 0 Å². The van der Waals surface area contributed by atoms with Gasteiger partial charge in [0, 0.05) is 43.8 Å². The van der Waals surface area contributed by atoms with Crippen LogP contribution in [0.3, 0.4) is 0 Å². The fraction of sp³-hybridized carbons (Fsp3) is 0.619. The molecule has 8 heteroatoms. The minimum absolute atomic E-state index is 0.00992. The molecule has 2 amide bonds. The Morgan fingerprint density at radius 1 is 1.14 bits per heavy atom. The lowest BCUT2D eigenvalue weighted by Gasteiger charge is -2.38. The summed E-state index contributed by atoms with van der Waals surface area (Å²) in [5.74, 6) is 0.249. The van der Waals surface area contributed by atoms with E-state index in [9.17, 15) is 18.0 Å². The third-order valence-electron chi connectivity index (χ3n) is 5.99. The highest BCUT2D eigenvalue weighted by Crippen LogP contribution is 2.22. The molecular weight excluding hydrogens is 390 g/mol. The molecule has 0 aromatic heterocycles. The van der Waals surface area contributed by atoms with E-state index in [4.69, 9.17) is 0 Å². The molecule has 0 bridgehead atoms. The standard InChI is InChI=1S/C21H31N3O4S/c1-3-17(2)24(19-9-14-29(27,28)16-19)20(25)15-22-10-12-23(13-11-22)21(26)18-7-5-4-6-8-18/h4-8,17,19H,3,9-16H2,1-2H3/t17-,19+/m0/s1. The number of nitrogens with zero attached hydrogens (tertiary/aromatic N) is 3. The van der Waals surface area contributed by atoms with Crippen molar-refractivity contribution in [1.82, 2.24) is 14.7 Å². The van der Waals surface area contributed by atoms with Crippen LogP contribution in [0.4, 0.5) is 0 Å². The van der Waals surface area contributed by atoms with Crippen LogP contribution >= 0.6 is 0 Å². The molecule has 0 N–H and O–H groups in total. The van der Waals surface area contributed by atoms with E-state index in [0.717, 1.165) is 6.42 Å². The van der Waals surface area contributed by atoms with Gasteiger partial charge in [-0.1, -0.05) is 25.1 Å². The third kappa shape index (κ3) is 5.36. The van der Waals surface area contributed by atoms with Crippen molar-refractivity contribution in [3.8, 4) is 0 Å². The molecule has 0 aliphatic carbocycles. The van der Waals surface area contributed by atoms with Gasteiger partial charge in [0.25, 0.3) is 5.91 Å². The molecule has 2 atom stereocenters. The van der Waals surface area contributed by atoms with Gasteiger partial charge in [-0.15, -0.1) is 0 Å². The van der Waals surface area contributed by atoms with Crippen molar-refractivity contribution in [3.05, 3.63) is 35.9 Å². The molecular formula is C21H31N3O4S. The largest absolute Gasteiger partial charge is 0.336 e. The van der Waals surface area contributed by atoms with E-state index in [2.05, 4.69) is 4.90 Å². The first-order valence-corrected chi connectivity index (χ1v) is 12.2. The summed E-state index contributed by atoms with van der Waals surface area (Å²) in [5, 5.41) is 0. The summed E-state index contributed by atoms with van der Waals surface area (Å²) >= 11 is 0. The van der Waals surface area contributed by atoms with E-state index in [-0.39, 0.29) is 41.9 Å². The van der Waals surface area contributed by atoms with Crippen molar-refractivity contribution in [1.29, 1.82) is 0 Å². The molecule has 29 heavy (non-hydrogen) atoms. The number of amides is 2. The molecule has 7 nitrogen and oxygen atoms in total. The average molecular weight is 422 g/mol. The van der Waals surface area contributed by atoms with E-state index in [1.54, 1.807) is 4.90 Å². The van der Waals surface area contributed by atoms with Crippen LogP contribution in [0.2, 0.25) is 0 Å². The van der Waals surface area contributed by atoms with Gasteiger partial charge in [-0.05, 0) is 31.9 Å². The molecule has 1 aromatic rings. The summed E-state index contributed by atoms with van der Waals surface area (Å²) in [6.07, 6.45) is 1.32. The lowest BCUT2D eigenvalue weighted by Crippen LogP contribution is -2.54. The second-order valence-electron chi connectivity index (χ2n) is 8.05. The van der Waals surface area contributed by atoms with Crippen molar-refractivity contribution in [3.63, 3.8) is 0 Å². The predicted octanol–water partition coefficient (Wildman–Crippen LogP) is 1.26. The summed E-state index contributed by atoms with van der Waals surface area (Å²) in [6.45, 7) is 6.73. The fourth-order valence-corrected chi connectivity index (χ4v) is 5.86. The van der Waals surface area contributed by atoms with Crippen molar-refractivity contribution in [2.75, 3.05) is 44.2 Å². The third-order valence-corrected chi connectivity index (χ3v) is 7.74. The highest BCUT2D eigenvalue weighted by atomic mass is 32.2. The zero-order valence-corrected chi connectivity index (χ0v) is 18.1. The predicted molar refractivity (Wildman–Crippen MR) is 112 cm³/mol. The highest BCUT2D eigenvalue weighted by molar-refractivity contribution is 7.91. The van der Waals surface area contributed by atoms with Crippen LogP contribution < -0.4 is 0 Å². The van der Waals surface area contributed by atoms with Gasteiger partial charge in [-0.2, -0.15) is 0 Å². The molecule has 2 aliphatic heterocycles. The first kappa shape index (κ1) is 21.8. The monoisotopic (exact) mass is 421 g/mol. The van der Waals surface area contributed by atoms with Crippen LogP contribution in [0.25, 0.3) is 0 Å². The minimum Gasteiger partial charge on any atom is -0.336 e. The number of carbonyl (C=O) groups excluding carboxylic acids is 2. The highest BCUT2D eigenvalue weighted by Gasteiger charge is 2.37. The molecule has 2 heterocycles. The summed E-state index contributed by atoms with van der Waals surface area (Å²) < 4.78 is 23.8. The second-order valence-corrected chi connectivity index (χ2v) is 10.3. The fourth-order valence-electron chi connectivity index (χ4n) is 4.15. The first-order valence-electron chi connectivity index (χ1n) is 10.4. The number of rotatable bonds is 6. The minimum atomic E-state index is -3.04. The van der Waals surface area contributed by atoms with Crippen LogP contribution in [0, 0.1) is 0 Å². The lowest BCUT2D eigenvalue weighted by molar-refractivity contribution is -0.137. The smallest absolute Gasteiger partial charge is 0.253 e. The number of piperazine rings is 1. The lowest BCUT2D eigenvalue weighted by atomic mass is 10.1. The number of hydrogen-bond acceptors (Lipinski definition) is 5. The van der Waals surface area contributed by atoms with E-state index in [1.807, 2.05) is 49.1 Å². The number of sulfone groups is 1. The molecule has 160 valence electrons. The Labute approximate surface area is 173 Å². The van der Waals surface area contributed by atoms with Gasteiger partial charge in [0.1, 0.15) is 0 Å². The summed E-state index contributed by atoms with van der Waals surface area (Å²) in [7, 11) is -3.04. The molecule has 0 radical (unpaired) electrons. The molecule has 0 spiro atoms. The van der Waals surface area contributed by atoms with Crippen LogP contribution in [0.1, 0.15) is 37.0 Å². The molecule has 3 rings (SSSR count). The Bertz CT molecular complexity index is 820. The Kier molecular flexibility index (Phi) is 6.95. The average Bonchev–Trinajstić information content (AvgIpc) is 3.07. The van der Waals surface area contributed by atoms with Gasteiger partial charge in [-0.25, -0.2) is 8.42 Å². The van der Waals surface area contributed by atoms with Crippen molar-refractivity contribution in [2.45, 2.75) is 38.8 Å². The van der Waals surface area contributed by atoms with Crippen molar-refractivity contribution < 1.29 is 18.0 Å². The maximum absolute atomic E-state index is 13.1. The van der Waals surface area contributed by atoms with E-state index >= 15 is 0 Å². The summed E-state index contributed by atoms with van der Waals surface area (Å²) in [4.78, 5) is 31.3. The number of hydrogen-bond donors (Lipinski definition) is 0. The summed E-state index contributed by atoms with van der Waals surface area (Å²) in [5.41, 5.74) is 0.683. The Morgan fingerprint density at radius 3 is 2.34 bits per heavy atom. The quantitative estimate of drug-likeness (QED) is 0.691. The summed E-state index contributed by atoms with van der Waals surface area (Å²) in [6, 6.07) is 9.03. The van der Waals surface area contributed by atoms with Gasteiger partial charge >= 0.3 is 0 Å². The molecule has 2 aliphatic rings. The van der Waals surface area contributed by atoms with E-state index < -0.39 is 9.84 Å². The molecule has 2 saturated heterocycles.